The van der Waals surface area contributed by atoms with Gasteiger partial charge in [0.2, 0.25) is 0 Å². The van der Waals surface area contributed by atoms with E-state index in [2.05, 4.69) is 12.2 Å². The van der Waals surface area contributed by atoms with Crippen LogP contribution in [0.3, 0.4) is 0 Å². The van der Waals surface area contributed by atoms with Crippen LogP contribution in [0.15, 0.2) is 12.2 Å². The Balaban J connectivity index is 1.70. The molecule has 2 N–H and O–H groups in total. The van der Waals surface area contributed by atoms with Crippen LogP contribution in [0.4, 0.5) is 0 Å². The Labute approximate surface area is 132 Å². The summed E-state index contributed by atoms with van der Waals surface area (Å²) in [4.78, 5) is 11.9. The first-order chi connectivity index (χ1) is 10.3. The minimum atomic E-state index is -0.603. The second-order valence-electron chi connectivity index (χ2n) is 9.04. The summed E-state index contributed by atoms with van der Waals surface area (Å²) in [5.74, 6) is 0.982. The minimum Gasteiger partial charge on any atom is -0.481 e. The number of hydrogen-bond acceptors (Lipinski definition) is 2. The lowest BCUT2D eigenvalue weighted by molar-refractivity contribution is -0.161. The highest BCUT2D eigenvalue weighted by Gasteiger charge is 2.62. The normalized spacial score (nSPS) is 56.3. The third kappa shape index (κ3) is 1.75. The molecular weight excluding hydrogens is 276 g/mol. The number of carbonyl (C=O) groups is 1. The molecule has 0 radical (unpaired) electrons. The Kier molecular flexibility index (Phi) is 2.93. The molecular formula is C19H28O3. The first-order valence-corrected chi connectivity index (χ1v) is 8.93. The maximum atomic E-state index is 11.9. The molecule has 4 aliphatic rings. The lowest BCUT2D eigenvalue weighted by Gasteiger charge is -2.56. The van der Waals surface area contributed by atoms with Crippen LogP contribution in [0, 0.1) is 34.5 Å². The first-order valence-electron chi connectivity index (χ1n) is 8.93. The molecule has 3 nitrogen and oxygen atoms in total. The molecule has 3 saturated carbocycles. The molecule has 0 aromatic carbocycles. The number of carboxylic acid groups (broad SMARTS) is 1. The van der Waals surface area contributed by atoms with E-state index in [1.54, 1.807) is 0 Å². The Hall–Kier alpha value is -0.830. The average Bonchev–Trinajstić information content (AvgIpc) is 2.64. The van der Waals surface area contributed by atoms with Crippen LogP contribution in [0.1, 0.15) is 58.8 Å². The SMILES string of the molecule is CC1(O)CC23CCC4C(CCCC4(C)C(=O)O)C2C=CC1C3. The molecule has 2 bridgehead atoms. The van der Waals surface area contributed by atoms with Gasteiger partial charge < -0.3 is 10.2 Å². The lowest BCUT2D eigenvalue weighted by Crippen LogP contribution is -2.52. The monoisotopic (exact) mass is 304 g/mol. The zero-order valence-corrected chi connectivity index (χ0v) is 13.7. The van der Waals surface area contributed by atoms with Gasteiger partial charge in [0.05, 0.1) is 11.0 Å². The Morgan fingerprint density at radius 3 is 2.68 bits per heavy atom. The summed E-state index contributed by atoms with van der Waals surface area (Å²) in [5.41, 5.74) is -0.875. The summed E-state index contributed by atoms with van der Waals surface area (Å²) in [6.07, 6.45) is 11.8. The third-order valence-corrected chi connectivity index (χ3v) is 7.86. The number of rotatable bonds is 1. The van der Waals surface area contributed by atoms with Crippen molar-refractivity contribution >= 4 is 5.97 Å². The Bertz CT molecular complexity index is 537. The molecule has 0 aromatic heterocycles. The lowest BCUT2D eigenvalue weighted by atomic mass is 9.48. The summed E-state index contributed by atoms with van der Waals surface area (Å²) in [5, 5.41) is 20.5. The average molecular weight is 304 g/mol. The second-order valence-corrected chi connectivity index (χ2v) is 9.04. The Morgan fingerprint density at radius 1 is 1.18 bits per heavy atom. The van der Waals surface area contributed by atoms with E-state index in [1.807, 2.05) is 13.8 Å². The van der Waals surface area contributed by atoms with Gasteiger partial charge >= 0.3 is 5.97 Å². The van der Waals surface area contributed by atoms with Crippen molar-refractivity contribution in [2.45, 2.75) is 64.4 Å². The van der Waals surface area contributed by atoms with Gasteiger partial charge in [-0.2, -0.15) is 0 Å². The van der Waals surface area contributed by atoms with E-state index in [4.69, 9.17) is 0 Å². The number of aliphatic carboxylic acids is 1. The molecule has 3 heteroatoms. The van der Waals surface area contributed by atoms with E-state index in [-0.39, 0.29) is 5.41 Å². The standard InChI is InChI=1S/C19H28O3/c1-17(16(20)21)8-3-4-13-14(17)7-9-19-10-12(5-6-15(13)19)18(2,22)11-19/h5-6,12-15,22H,3-4,7-11H2,1-2H3,(H,20,21). The van der Waals surface area contributed by atoms with Gasteiger partial charge in [0.25, 0.3) is 0 Å². The highest BCUT2D eigenvalue weighted by Crippen LogP contribution is 2.67. The molecule has 0 amide bonds. The summed E-state index contributed by atoms with van der Waals surface area (Å²) in [7, 11) is 0. The molecule has 4 rings (SSSR count). The van der Waals surface area contributed by atoms with Crippen LogP contribution in [0.2, 0.25) is 0 Å². The van der Waals surface area contributed by atoms with E-state index in [0.29, 0.717) is 23.7 Å². The third-order valence-electron chi connectivity index (χ3n) is 7.86. The molecule has 4 aliphatic carbocycles. The van der Waals surface area contributed by atoms with Crippen molar-refractivity contribution in [2.24, 2.45) is 34.5 Å². The number of carboxylic acids is 1. The van der Waals surface area contributed by atoms with Crippen molar-refractivity contribution in [3.05, 3.63) is 12.2 Å². The zero-order valence-electron chi connectivity index (χ0n) is 13.7. The zero-order chi connectivity index (χ0) is 15.8. The smallest absolute Gasteiger partial charge is 0.309 e. The highest BCUT2D eigenvalue weighted by atomic mass is 16.4. The quantitative estimate of drug-likeness (QED) is 0.727. The van der Waals surface area contributed by atoms with Gasteiger partial charge in [-0.25, -0.2) is 0 Å². The van der Waals surface area contributed by atoms with Crippen molar-refractivity contribution < 1.29 is 15.0 Å². The van der Waals surface area contributed by atoms with Crippen molar-refractivity contribution in [3.8, 4) is 0 Å². The van der Waals surface area contributed by atoms with Crippen LogP contribution in [-0.2, 0) is 4.79 Å². The number of allylic oxidation sites excluding steroid dienone is 1. The van der Waals surface area contributed by atoms with E-state index in [9.17, 15) is 15.0 Å². The van der Waals surface area contributed by atoms with Gasteiger partial charge in [-0.1, -0.05) is 18.6 Å². The summed E-state index contributed by atoms with van der Waals surface area (Å²) in [6.45, 7) is 3.97. The van der Waals surface area contributed by atoms with Gasteiger partial charge in [0.15, 0.2) is 0 Å². The van der Waals surface area contributed by atoms with E-state index in [1.165, 1.54) is 0 Å². The molecule has 1 spiro atoms. The van der Waals surface area contributed by atoms with Gasteiger partial charge in [-0.15, -0.1) is 0 Å². The van der Waals surface area contributed by atoms with Crippen LogP contribution in [0.25, 0.3) is 0 Å². The van der Waals surface area contributed by atoms with Gasteiger partial charge in [-0.3, -0.25) is 4.79 Å². The van der Waals surface area contributed by atoms with Crippen LogP contribution in [0.5, 0.6) is 0 Å². The minimum absolute atomic E-state index is 0.237. The van der Waals surface area contributed by atoms with Crippen LogP contribution in [-0.4, -0.2) is 21.8 Å². The Morgan fingerprint density at radius 2 is 1.95 bits per heavy atom. The molecule has 0 aromatic rings. The first kappa shape index (κ1) is 14.7. The van der Waals surface area contributed by atoms with Crippen LogP contribution < -0.4 is 0 Å². The van der Waals surface area contributed by atoms with Gasteiger partial charge in [0.1, 0.15) is 0 Å². The van der Waals surface area contributed by atoms with Crippen molar-refractivity contribution in [1.82, 2.24) is 0 Å². The summed E-state index contributed by atoms with van der Waals surface area (Å²) >= 11 is 0. The van der Waals surface area contributed by atoms with Crippen LogP contribution >= 0.6 is 0 Å². The molecule has 3 fully saturated rings. The van der Waals surface area contributed by atoms with Crippen molar-refractivity contribution in [1.29, 1.82) is 0 Å². The van der Waals surface area contributed by atoms with E-state index < -0.39 is 17.0 Å². The highest BCUT2D eigenvalue weighted by molar-refractivity contribution is 5.74. The molecule has 122 valence electrons. The predicted molar refractivity (Wildman–Crippen MR) is 84.2 cm³/mol. The fourth-order valence-electron chi connectivity index (χ4n) is 6.75. The molecule has 0 aliphatic heterocycles. The van der Waals surface area contributed by atoms with E-state index in [0.717, 1.165) is 44.9 Å². The summed E-state index contributed by atoms with van der Waals surface area (Å²) < 4.78 is 0. The van der Waals surface area contributed by atoms with E-state index >= 15 is 0 Å². The molecule has 0 saturated heterocycles. The van der Waals surface area contributed by atoms with Crippen molar-refractivity contribution in [2.75, 3.05) is 0 Å². The number of fused-ring (bicyclic) bond motifs is 3. The maximum Gasteiger partial charge on any atom is 0.309 e. The molecule has 22 heavy (non-hydrogen) atoms. The summed E-state index contributed by atoms with van der Waals surface area (Å²) in [6, 6.07) is 0. The fraction of sp³-hybridized carbons (Fsp3) is 0.842. The van der Waals surface area contributed by atoms with Gasteiger partial charge in [-0.05, 0) is 75.5 Å². The van der Waals surface area contributed by atoms with Gasteiger partial charge in [0, 0.05) is 5.92 Å². The number of aliphatic hydroxyl groups is 1. The number of hydrogen-bond donors (Lipinski definition) is 2. The predicted octanol–water partition coefficient (Wildman–Crippen LogP) is 3.62. The largest absolute Gasteiger partial charge is 0.481 e. The second kappa shape index (κ2) is 4.37. The topological polar surface area (TPSA) is 57.5 Å². The molecule has 7 atom stereocenters. The molecule has 7 unspecified atom stereocenters. The molecule has 0 heterocycles. The fourth-order valence-corrected chi connectivity index (χ4v) is 6.75. The maximum absolute atomic E-state index is 11.9. The van der Waals surface area contributed by atoms with Crippen molar-refractivity contribution in [3.63, 3.8) is 0 Å².